The molecule has 2 aliphatic rings. The van der Waals surface area contributed by atoms with Crippen molar-refractivity contribution >= 4 is 6.09 Å². The molecule has 2 atom stereocenters. The fraction of sp³-hybridized carbons (Fsp3) is 0.474. The van der Waals surface area contributed by atoms with Crippen LogP contribution in [0.15, 0.2) is 36.7 Å². The third kappa shape index (κ3) is 3.58. The van der Waals surface area contributed by atoms with Crippen LogP contribution in [0.2, 0.25) is 0 Å². The summed E-state index contributed by atoms with van der Waals surface area (Å²) in [7, 11) is 1.91. The van der Waals surface area contributed by atoms with Gasteiger partial charge in [0.1, 0.15) is 11.9 Å². The molecule has 4 rings (SSSR count). The maximum Gasteiger partial charge on any atom is 0.410 e. The largest absolute Gasteiger partial charge is 0.442 e. The molecule has 0 spiro atoms. The maximum atomic E-state index is 13.0. The predicted octanol–water partition coefficient (Wildman–Crippen LogP) is 2.20. The Hall–Kier alpha value is -2.41. The first-order valence-electron chi connectivity index (χ1n) is 9.00. The second kappa shape index (κ2) is 7.07. The molecule has 1 aromatic heterocycles. The molecule has 0 radical (unpaired) electrons. The fourth-order valence-corrected chi connectivity index (χ4v) is 3.88. The summed E-state index contributed by atoms with van der Waals surface area (Å²) in [6.45, 7) is 3.07. The number of halogens is 1. The van der Waals surface area contributed by atoms with Gasteiger partial charge in [-0.15, -0.1) is 0 Å². The van der Waals surface area contributed by atoms with Crippen molar-refractivity contribution < 1.29 is 13.9 Å². The van der Waals surface area contributed by atoms with Crippen LogP contribution in [0.3, 0.4) is 0 Å². The molecule has 2 aliphatic heterocycles. The van der Waals surface area contributed by atoms with Gasteiger partial charge in [-0.2, -0.15) is 5.10 Å². The highest BCUT2D eigenvalue weighted by Gasteiger charge is 2.47. The van der Waals surface area contributed by atoms with Crippen molar-refractivity contribution in [2.24, 2.45) is 7.05 Å². The number of rotatable bonds is 6. The van der Waals surface area contributed by atoms with Crippen LogP contribution in [0.25, 0.3) is 0 Å². The normalized spacial score (nSPS) is 22.7. The third-order valence-corrected chi connectivity index (χ3v) is 5.14. The van der Waals surface area contributed by atoms with Crippen molar-refractivity contribution in [2.45, 2.75) is 31.5 Å². The molecule has 26 heavy (non-hydrogen) atoms. The van der Waals surface area contributed by atoms with Crippen molar-refractivity contribution in [3.05, 3.63) is 53.6 Å². The Balaban J connectivity index is 1.31. The van der Waals surface area contributed by atoms with Crippen molar-refractivity contribution in [1.82, 2.24) is 19.6 Å². The van der Waals surface area contributed by atoms with Crippen molar-refractivity contribution in [1.29, 1.82) is 0 Å². The number of aryl methyl sites for hydroxylation is 2. The zero-order chi connectivity index (χ0) is 18.1. The van der Waals surface area contributed by atoms with Crippen LogP contribution >= 0.6 is 0 Å². The lowest BCUT2D eigenvalue weighted by Crippen LogP contribution is -2.38. The van der Waals surface area contributed by atoms with E-state index in [1.54, 1.807) is 16.8 Å². The number of fused-ring (bicyclic) bond motifs is 1. The summed E-state index contributed by atoms with van der Waals surface area (Å²) < 4.78 is 20.3. The lowest BCUT2D eigenvalue weighted by Gasteiger charge is -2.22. The standard InChI is InChI=1S/C19H23FN4O2/c1-22-10-15(9-21-22)11-23-12-17-18(13-23)26-19(25)24(17)8-2-3-14-4-6-16(20)7-5-14/h4-7,9-10,17-18H,2-3,8,11-13H2,1H3/t17-,18+/m1/s1. The first kappa shape index (κ1) is 17.0. The lowest BCUT2D eigenvalue weighted by molar-refractivity contribution is 0.120. The van der Waals surface area contributed by atoms with Crippen LogP contribution in [-0.4, -0.2) is 57.5 Å². The molecule has 0 aliphatic carbocycles. The average molecular weight is 358 g/mol. The number of ether oxygens (including phenoxy) is 1. The monoisotopic (exact) mass is 358 g/mol. The number of nitrogens with zero attached hydrogens (tertiary/aromatic N) is 4. The molecule has 0 bridgehead atoms. The highest BCUT2D eigenvalue weighted by molar-refractivity contribution is 5.71. The van der Waals surface area contributed by atoms with Gasteiger partial charge in [-0.3, -0.25) is 9.58 Å². The summed E-state index contributed by atoms with van der Waals surface area (Å²) in [5, 5.41) is 4.20. The van der Waals surface area contributed by atoms with Gasteiger partial charge in [-0.05, 0) is 30.5 Å². The Morgan fingerprint density at radius 1 is 1.23 bits per heavy atom. The smallest absolute Gasteiger partial charge is 0.410 e. The van der Waals surface area contributed by atoms with Crippen molar-refractivity contribution in [3.8, 4) is 0 Å². The quantitative estimate of drug-likeness (QED) is 0.794. The first-order chi connectivity index (χ1) is 12.6. The average Bonchev–Trinajstić information content (AvgIpc) is 3.26. The van der Waals surface area contributed by atoms with E-state index in [1.807, 2.05) is 24.3 Å². The van der Waals surface area contributed by atoms with Gasteiger partial charge in [-0.1, -0.05) is 12.1 Å². The Bertz CT molecular complexity index is 776. The summed E-state index contributed by atoms with van der Waals surface area (Å²) in [4.78, 5) is 16.3. The van der Waals surface area contributed by atoms with E-state index in [-0.39, 0.29) is 24.1 Å². The third-order valence-electron chi connectivity index (χ3n) is 5.14. The number of hydrogen-bond donors (Lipinski definition) is 0. The van der Waals surface area contributed by atoms with Crippen LogP contribution in [0.1, 0.15) is 17.5 Å². The Morgan fingerprint density at radius 3 is 2.77 bits per heavy atom. The van der Waals surface area contributed by atoms with E-state index in [4.69, 9.17) is 4.74 Å². The summed E-state index contributed by atoms with van der Waals surface area (Å²) >= 11 is 0. The zero-order valence-electron chi connectivity index (χ0n) is 14.8. The van der Waals surface area contributed by atoms with Gasteiger partial charge in [0.05, 0.1) is 12.2 Å². The molecule has 3 heterocycles. The number of likely N-dealkylation sites (tertiary alicyclic amines) is 1. The van der Waals surface area contributed by atoms with E-state index in [9.17, 15) is 9.18 Å². The molecule has 7 heteroatoms. The molecule has 2 fully saturated rings. The SMILES string of the molecule is Cn1cc(CN2C[C@@H]3OC(=O)N(CCCc4ccc(F)cc4)[C@@H]3C2)cn1. The highest BCUT2D eigenvalue weighted by atomic mass is 19.1. The van der Waals surface area contributed by atoms with E-state index in [2.05, 4.69) is 10.00 Å². The number of carbonyl (C=O) groups is 1. The maximum absolute atomic E-state index is 13.0. The van der Waals surface area contributed by atoms with E-state index in [0.717, 1.165) is 38.0 Å². The van der Waals surface area contributed by atoms with E-state index >= 15 is 0 Å². The first-order valence-corrected chi connectivity index (χ1v) is 9.00. The number of hydrogen-bond acceptors (Lipinski definition) is 4. The Labute approximate surface area is 152 Å². The molecule has 2 aromatic rings. The Kier molecular flexibility index (Phi) is 4.63. The lowest BCUT2D eigenvalue weighted by atomic mass is 10.1. The summed E-state index contributed by atoms with van der Waals surface area (Å²) in [5.74, 6) is -0.223. The fourth-order valence-electron chi connectivity index (χ4n) is 3.88. The number of carbonyl (C=O) groups excluding carboxylic acids is 1. The van der Waals surface area contributed by atoms with Gasteiger partial charge in [0.25, 0.3) is 0 Å². The summed E-state index contributed by atoms with van der Waals surface area (Å²) in [6, 6.07) is 6.66. The summed E-state index contributed by atoms with van der Waals surface area (Å²) in [5.41, 5.74) is 2.25. The molecular formula is C19H23FN4O2. The van der Waals surface area contributed by atoms with Gasteiger partial charge in [0.15, 0.2) is 0 Å². The molecule has 138 valence electrons. The molecule has 0 N–H and O–H groups in total. The molecule has 0 saturated carbocycles. The van der Waals surface area contributed by atoms with Crippen molar-refractivity contribution in [3.63, 3.8) is 0 Å². The van der Waals surface area contributed by atoms with Gasteiger partial charge >= 0.3 is 6.09 Å². The van der Waals surface area contributed by atoms with Gasteiger partial charge in [-0.25, -0.2) is 9.18 Å². The van der Waals surface area contributed by atoms with Gasteiger partial charge in [0.2, 0.25) is 0 Å². The molecule has 0 unspecified atom stereocenters. The predicted molar refractivity (Wildman–Crippen MR) is 94.0 cm³/mol. The summed E-state index contributed by atoms with van der Waals surface area (Å²) in [6.07, 6.45) is 5.29. The molecular weight excluding hydrogens is 335 g/mol. The molecule has 6 nitrogen and oxygen atoms in total. The number of amides is 1. The van der Waals surface area contributed by atoms with Crippen molar-refractivity contribution in [2.75, 3.05) is 19.6 Å². The molecule has 2 saturated heterocycles. The number of aromatic nitrogens is 2. The van der Waals surface area contributed by atoms with Gasteiger partial charge < -0.3 is 9.64 Å². The van der Waals surface area contributed by atoms with E-state index < -0.39 is 0 Å². The van der Waals surface area contributed by atoms with Crippen LogP contribution in [0.4, 0.5) is 9.18 Å². The van der Waals surface area contributed by atoms with Crippen LogP contribution in [0.5, 0.6) is 0 Å². The molecule has 1 aromatic carbocycles. The second-order valence-electron chi connectivity index (χ2n) is 7.13. The van der Waals surface area contributed by atoms with Crippen LogP contribution < -0.4 is 0 Å². The van der Waals surface area contributed by atoms with E-state index in [1.165, 1.54) is 17.7 Å². The molecule has 1 amide bonds. The van der Waals surface area contributed by atoms with Crippen LogP contribution in [-0.2, 0) is 24.8 Å². The van der Waals surface area contributed by atoms with E-state index in [0.29, 0.717) is 6.54 Å². The second-order valence-corrected chi connectivity index (χ2v) is 7.13. The number of benzene rings is 1. The minimum absolute atomic E-state index is 0.0509. The minimum Gasteiger partial charge on any atom is -0.442 e. The zero-order valence-corrected chi connectivity index (χ0v) is 14.8. The highest BCUT2D eigenvalue weighted by Crippen LogP contribution is 2.28. The van der Waals surface area contributed by atoms with Gasteiger partial charge in [0, 0.05) is 45.0 Å². The van der Waals surface area contributed by atoms with Crippen LogP contribution in [0, 0.1) is 5.82 Å². The topological polar surface area (TPSA) is 50.6 Å². The minimum atomic E-state index is -0.223. The Morgan fingerprint density at radius 2 is 2.04 bits per heavy atom.